The zero-order chi connectivity index (χ0) is 23.1. The zero-order valence-electron chi connectivity index (χ0n) is 17.4. The fourth-order valence-electron chi connectivity index (χ4n) is 2.94. The number of rotatable bonds is 8. The third kappa shape index (κ3) is 6.19. The Hall–Kier alpha value is -3.62. The summed E-state index contributed by atoms with van der Waals surface area (Å²) in [7, 11) is 0. The van der Waals surface area contributed by atoms with Crippen LogP contribution in [0.25, 0.3) is 11.3 Å². The quantitative estimate of drug-likeness (QED) is 0.537. The summed E-state index contributed by atoms with van der Waals surface area (Å²) < 4.78 is 44.5. The average Bonchev–Trinajstić information content (AvgIpc) is 2.78. The smallest absolute Gasteiger partial charge is 0.416 e. The maximum absolute atomic E-state index is 12.7. The molecule has 0 atom stereocenters. The third-order valence-electron chi connectivity index (χ3n) is 4.67. The van der Waals surface area contributed by atoms with Crippen LogP contribution in [0.5, 0.6) is 5.75 Å². The second kappa shape index (κ2) is 10.1. The molecule has 6 nitrogen and oxygen atoms in total. The fourth-order valence-corrected chi connectivity index (χ4v) is 2.94. The SMILES string of the molecule is CCc1ccc(-c2ccc(=O)n(CC(=O)NCCOc3cccc(C(F)(F)F)c3)n2)cc1. The molecule has 3 aromatic rings. The first-order valence-corrected chi connectivity index (χ1v) is 10.0. The van der Waals surface area contributed by atoms with E-state index < -0.39 is 23.2 Å². The largest absolute Gasteiger partial charge is 0.492 e. The summed E-state index contributed by atoms with van der Waals surface area (Å²) in [6, 6.07) is 15.2. The van der Waals surface area contributed by atoms with Gasteiger partial charge in [0.25, 0.3) is 5.56 Å². The summed E-state index contributed by atoms with van der Waals surface area (Å²) >= 11 is 0. The molecule has 2 aromatic carbocycles. The third-order valence-corrected chi connectivity index (χ3v) is 4.67. The van der Waals surface area contributed by atoms with Gasteiger partial charge in [-0.15, -0.1) is 0 Å². The van der Waals surface area contributed by atoms with Crippen LogP contribution < -0.4 is 15.6 Å². The monoisotopic (exact) mass is 445 g/mol. The van der Waals surface area contributed by atoms with Crippen LogP contribution in [-0.4, -0.2) is 28.8 Å². The van der Waals surface area contributed by atoms with Crippen molar-refractivity contribution in [2.24, 2.45) is 0 Å². The minimum atomic E-state index is -4.46. The first-order chi connectivity index (χ1) is 15.3. The van der Waals surface area contributed by atoms with Crippen LogP contribution in [0.4, 0.5) is 13.2 Å². The number of nitrogens with zero attached hydrogens (tertiary/aromatic N) is 2. The number of carbonyl (C=O) groups is 1. The molecule has 0 aliphatic carbocycles. The lowest BCUT2D eigenvalue weighted by Gasteiger charge is -2.11. The van der Waals surface area contributed by atoms with Crippen LogP contribution >= 0.6 is 0 Å². The van der Waals surface area contributed by atoms with Crippen molar-refractivity contribution < 1.29 is 22.7 Å². The van der Waals surface area contributed by atoms with Gasteiger partial charge in [-0.2, -0.15) is 18.3 Å². The van der Waals surface area contributed by atoms with Crippen LogP contribution in [0, 0.1) is 0 Å². The number of hydrogen-bond acceptors (Lipinski definition) is 4. The Morgan fingerprint density at radius 3 is 2.53 bits per heavy atom. The van der Waals surface area contributed by atoms with Crippen LogP contribution in [0.1, 0.15) is 18.1 Å². The second-order valence-electron chi connectivity index (χ2n) is 6.99. The van der Waals surface area contributed by atoms with Crippen LogP contribution in [0.2, 0.25) is 0 Å². The van der Waals surface area contributed by atoms with Gasteiger partial charge in [0.1, 0.15) is 18.9 Å². The van der Waals surface area contributed by atoms with Crippen molar-refractivity contribution in [2.75, 3.05) is 13.2 Å². The molecule has 0 aliphatic heterocycles. The number of ether oxygens (including phenoxy) is 1. The summed E-state index contributed by atoms with van der Waals surface area (Å²) in [5.74, 6) is -0.417. The topological polar surface area (TPSA) is 73.2 Å². The predicted molar refractivity (Wildman–Crippen MR) is 113 cm³/mol. The normalized spacial score (nSPS) is 11.2. The van der Waals surface area contributed by atoms with E-state index in [2.05, 4.69) is 17.3 Å². The van der Waals surface area contributed by atoms with Gasteiger partial charge in [0.2, 0.25) is 5.91 Å². The van der Waals surface area contributed by atoms with Crippen molar-refractivity contribution in [2.45, 2.75) is 26.1 Å². The van der Waals surface area contributed by atoms with E-state index in [0.29, 0.717) is 5.69 Å². The van der Waals surface area contributed by atoms with Gasteiger partial charge >= 0.3 is 6.18 Å². The summed E-state index contributed by atoms with van der Waals surface area (Å²) in [6.45, 7) is 1.79. The standard InChI is InChI=1S/C23H22F3N3O3/c1-2-16-6-8-17(9-7-16)20-10-11-22(31)29(28-20)15-21(30)27-12-13-32-19-5-3-4-18(14-19)23(24,25)26/h3-11,14H,2,12-13,15H2,1H3,(H,27,30). The zero-order valence-corrected chi connectivity index (χ0v) is 17.4. The van der Waals surface area contributed by atoms with E-state index in [0.717, 1.165) is 28.8 Å². The molecular formula is C23H22F3N3O3. The molecular weight excluding hydrogens is 423 g/mol. The molecule has 0 unspecified atom stereocenters. The number of alkyl halides is 3. The van der Waals surface area contributed by atoms with E-state index in [9.17, 15) is 22.8 Å². The van der Waals surface area contributed by atoms with Crippen molar-refractivity contribution in [1.82, 2.24) is 15.1 Å². The van der Waals surface area contributed by atoms with Gasteiger partial charge in [0, 0.05) is 11.6 Å². The molecule has 0 radical (unpaired) electrons. The highest BCUT2D eigenvalue weighted by Crippen LogP contribution is 2.31. The number of benzene rings is 2. The summed E-state index contributed by atoms with van der Waals surface area (Å²) in [5, 5.41) is 6.81. The molecule has 0 saturated carbocycles. The molecule has 0 aliphatic rings. The number of amides is 1. The molecule has 0 bridgehead atoms. The first-order valence-electron chi connectivity index (χ1n) is 10.0. The van der Waals surface area contributed by atoms with E-state index in [1.807, 2.05) is 24.3 Å². The Kier molecular flexibility index (Phi) is 7.29. The van der Waals surface area contributed by atoms with Crippen molar-refractivity contribution in [3.8, 4) is 17.0 Å². The Morgan fingerprint density at radius 1 is 1.09 bits per heavy atom. The lowest BCUT2D eigenvalue weighted by Crippen LogP contribution is -2.35. The molecule has 32 heavy (non-hydrogen) atoms. The number of aromatic nitrogens is 2. The number of halogens is 3. The van der Waals surface area contributed by atoms with E-state index in [4.69, 9.17) is 4.74 Å². The molecule has 9 heteroatoms. The molecule has 1 aromatic heterocycles. The molecule has 0 fully saturated rings. The van der Waals surface area contributed by atoms with Gasteiger partial charge < -0.3 is 10.1 Å². The lowest BCUT2D eigenvalue weighted by molar-refractivity contribution is -0.137. The van der Waals surface area contributed by atoms with Gasteiger partial charge in [0.15, 0.2) is 0 Å². The van der Waals surface area contributed by atoms with Crippen molar-refractivity contribution in [1.29, 1.82) is 0 Å². The number of hydrogen-bond donors (Lipinski definition) is 1. The van der Waals surface area contributed by atoms with Crippen LogP contribution in [0.3, 0.4) is 0 Å². The lowest BCUT2D eigenvalue weighted by atomic mass is 10.1. The Labute approximate surface area is 182 Å². The van der Waals surface area contributed by atoms with E-state index >= 15 is 0 Å². The van der Waals surface area contributed by atoms with Crippen molar-refractivity contribution >= 4 is 5.91 Å². The molecule has 168 valence electrons. The Morgan fingerprint density at radius 2 is 1.84 bits per heavy atom. The van der Waals surface area contributed by atoms with Crippen molar-refractivity contribution in [3.05, 3.63) is 82.1 Å². The van der Waals surface area contributed by atoms with Gasteiger partial charge in [-0.05, 0) is 36.2 Å². The summed E-state index contributed by atoms with van der Waals surface area (Å²) in [5.41, 5.74) is 1.33. The van der Waals surface area contributed by atoms with Gasteiger partial charge in [-0.3, -0.25) is 9.59 Å². The van der Waals surface area contributed by atoms with Crippen molar-refractivity contribution in [3.63, 3.8) is 0 Å². The van der Waals surface area contributed by atoms with Crippen LogP contribution in [-0.2, 0) is 23.9 Å². The van der Waals surface area contributed by atoms with E-state index in [1.54, 1.807) is 6.07 Å². The highest BCUT2D eigenvalue weighted by atomic mass is 19.4. The van der Waals surface area contributed by atoms with Crippen LogP contribution in [0.15, 0.2) is 65.5 Å². The molecule has 1 heterocycles. The predicted octanol–water partition coefficient (Wildman–Crippen LogP) is 3.69. The summed E-state index contributed by atoms with van der Waals surface area (Å²) in [6.07, 6.45) is -3.55. The summed E-state index contributed by atoms with van der Waals surface area (Å²) in [4.78, 5) is 24.2. The van der Waals surface area contributed by atoms with Gasteiger partial charge in [-0.25, -0.2) is 4.68 Å². The van der Waals surface area contributed by atoms with Gasteiger partial charge in [-0.1, -0.05) is 37.3 Å². The maximum atomic E-state index is 12.7. The van der Waals surface area contributed by atoms with E-state index in [-0.39, 0.29) is 25.4 Å². The molecule has 1 N–H and O–H groups in total. The molecule has 1 amide bonds. The average molecular weight is 445 g/mol. The highest BCUT2D eigenvalue weighted by molar-refractivity contribution is 5.75. The van der Waals surface area contributed by atoms with Gasteiger partial charge in [0.05, 0.1) is 17.8 Å². The Bertz CT molecular complexity index is 1130. The number of nitrogens with one attached hydrogen (secondary N) is 1. The minimum Gasteiger partial charge on any atom is -0.492 e. The highest BCUT2D eigenvalue weighted by Gasteiger charge is 2.30. The number of aryl methyl sites for hydroxylation is 1. The second-order valence-corrected chi connectivity index (χ2v) is 6.99. The fraction of sp³-hybridized carbons (Fsp3) is 0.261. The molecule has 0 spiro atoms. The Balaban J connectivity index is 1.54. The minimum absolute atomic E-state index is 0.0286. The maximum Gasteiger partial charge on any atom is 0.416 e. The molecule has 0 saturated heterocycles. The number of carbonyl (C=O) groups excluding carboxylic acids is 1. The first kappa shape index (κ1) is 23.1. The molecule has 3 rings (SSSR count). The van der Waals surface area contributed by atoms with E-state index in [1.165, 1.54) is 23.8 Å².